The summed E-state index contributed by atoms with van der Waals surface area (Å²) >= 11 is 3.54. The van der Waals surface area contributed by atoms with E-state index in [1.165, 1.54) is 10.5 Å². The Morgan fingerprint density at radius 1 is 1.08 bits per heavy atom. The van der Waals surface area contributed by atoms with Crippen LogP contribution in [0.4, 0.5) is 5.69 Å². The fraction of sp³-hybridized carbons (Fsp3) is 0.368. The van der Waals surface area contributed by atoms with E-state index >= 15 is 0 Å². The van der Waals surface area contributed by atoms with Gasteiger partial charge in [-0.1, -0.05) is 12.1 Å². The van der Waals surface area contributed by atoms with Gasteiger partial charge in [0, 0.05) is 11.6 Å². The average Bonchev–Trinajstić information content (AvgIpc) is 2.64. The van der Waals surface area contributed by atoms with E-state index in [1.807, 2.05) is 18.2 Å². The third kappa shape index (κ3) is 4.60. The lowest BCUT2D eigenvalue weighted by Crippen LogP contribution is -3.27. The SMILES string of the molecule is COc1ccc(C[NH+]2CC[NH+](Cc3ccccc3[N+](=O)[O-])CC2)cc1Br. The van der Waals surface area contributed by atoms with Crippen molar-refractivity contribution in [3.63, 3.8) is 0 Å². The lowest BCUT2D eigenvalue weighted by Gasteiger charge is -2.29. The first kappa shape index (κ1) is 18.8. The molecule has 1 fully saturated rings. The van der Waals surface area contributed by atoms with Gasteiger partial charge in [0.15, 0.2) is 0 Å². The van der Waals surface area contributed by atoms with Crippen molar-refractivity contribution in [1.29, 1.82) is 0 Å². The summed E-state index contributed by atoms with van der Waals surface area (Å²) in [5.74, 6) is 0.850. The van der Waals surface area contributed by atoms with Crippen molar-refractivity contribution < 1.29 is 19.5 Å². The van der Waals surface area contributed by atoms with Crippen LogP contribution in [0.25, 0.3) is 0 Å². The van der Waals surface area contributed by atoms with Gasteiger partial charge in [-0.3, -0.25) is 10.1 Å². The van der Waals surface area contributed by atoms with Gasteiger partial charge in [0.2, 0.25) is 0 Å². The number of rotatable bonds is 6. The van der Waals surface area contributed by atoms with E-state index < -0.39 is 0 Å². The molecule has 0 amide bonds. The summed E-state index contributed by atoms with van der Waals surface area (Å²) in [5.41, 5.74) is 2.35. The summed E-state index contributed by atoms with van der Waals surface area (Å²) in [4.78, 5) is 13.9. The van der Waals surface area contributed by atoms with Gasteiger partial charge in [-0.2, -0.15) is 0 Å². The molecule has 0 bridgehead atoms. The molecule has 2 aromatic rings. The number of methoxy groups -OCH3 is 1. The summed E-state index contributed by atoms with van der Waals surface area (Å²) in [6.45, 7) is 5.90. The number of hydrogen-bond acceptors (Lipinski definition) is 3. The van der Waals surface area contributed by atoms with Crippen LogP contribution in [0.2, 0.25) is 0 Å². The van der Waals surface area contributed by atoms with Gasteiger partial charge in [-0.05, 0) is 40.2 Å². The van der Waals surface area contributed by atoms with Gasteiger partial charge in [-0.15, -0.1) is 0 Å². The maximum absolute atomic E-state index is 11.2. The molecule has 0 unspecified atom stereocenters. The number of ether oxygens (including phenoxy) is 1. The highest BCUT2D eigenvalue weighted by molar-refractivity contribution is 9.10. The number of para-hydroxylation sites is 1. The molecule has 0 atom stereocenters. The number of halogens is 1. The fourth-order valence-electron chi connectivity index (χ4n) is 3.53. The number of nitrogens with one attached hydrogen (secondary N) is 2. The van der Waals surface area contributed by atoms with E-state index in [1.54, 1.807) is 24.1 Å². The summed E-state index contributed by atoms with van der Waals surface area (Å²) in [6.07, 6.45) is 0. The molecule has 138 valence electrons. The standard InChI is InChI=1S/C19H22BrN3O3/c1-26-19-7-6-15(12-17(19)20)13-21-8-10-22(11-9-21)14-16-4-2-3-5-18(16)23(24)25/h2-7,12H,8-11,13-14H2,1H3/p+2. The van der Waals surface area contributed by atoms with Crippen LogP contribution >= 0.6 is 15.9 Å². The Morgan fingerprint density at radius 2 is 1.73 bits per heavy atom. The number of piperazine rings is 1. The molecule has 7 heteroatoms. The lowest BCUT2D eigenvalue weighted by atomic mass is 10.1. The third-order valence-electron chi connectivity index (χ3n) is 4.96. The molecular weight excluding hydrogens is 398 g/mol. The van der Waals surface area contributed by atoms with E-state index in [9.17, 15) is 10.1 Å². The van der Waals surface area contributed by atoms with Crippen LogP contribution in [0.5, 0.6) is 5.75 Å². The first-order valence-corrected chi connectivity index (χ1v) is 9.58. The minimum absolute atomic E-state index is 0.234. The largest absolute Gasteiger partial charge is 0.496 e. The summed E-state index contributed by atoms with van der Waals surface area (Å²) < 4.78 is 6.27. The topological polar surface area (TPSA) is 61.2 Å². The number of nitro benzene ring substituents is 1. The molecule has 1 aliphatic heterocycles. The smallest absolute Gasteiger partial charge is 0.278 e. The fourth-order valence-corrected chi connectivity index (χ4v) is 4.12. The van der Waals surface area contributed by atoms with Crippen LogP contribution in [0, 0.1) is 10.1 Å². The van der Waals surface area contributed by atoms with Gasteiger partial charge in [-0.25, -0.2) is 0 Å². The molecule has 3 rings (SSSR count). The zero-order chi connectivity index (χ0) is 18.5. The van der Waals surface area contributed by atoms with Gasteiger partial charge >= 0.3 is 0 Å². The normalized spacial score (nSPS) is 19.9. The number of benzene rings is 2. The molecular formula is C19H24BrN3O3+2. The first-order chi connectivity index (χ1) is 12.6. The van der Waals surface area contributed by atoms with Crippen LogP contribution in [0.15, 0.2) is 46.9 Å². The molecule has 0 aliphatic carbocycles. The Balaban J connectivity index is 1.55. The monoisotopic (exact) mass is 421 g/mol. The lowest BCUT2D eigenvalue weighted by molar-refractivity contribution is -1.02. The molecule has 1 saturated heterocycles. The zero-order valence-electron chi connectivity index (χ0n) is 14.8. The molecule has 26 heavy (non-hydrogen) atoms. The summed E-state index contributed by atoms with van der Waals surface area (Å²) in [6, 6.07) is 13.3. The Morgan fingerprint density at radius 3 is 2.35 bits per heavy atom. The van der Waals surface area contributed by atoms with Crippen molar-refractivity contribution in [2.24, 2.45) is 0 Å². The molecule has 1 aliphatic rings. The number of hydrogen-bond donors (Lipinski definition) is 2. The van der Waals surface area contributed by atoms with E-state index in [2.05, 4.69) is 28.1 Å². The van der Waals surface area contributed by atoms with Gasteiger partial charge < -0.3 is 14.5 Å². The second kappa shape index (κ2) is 8.62. The van der Waals surface area contributed by atoms with Gasteiger partial charge in [0.25, 0.3) is 5.69 Å². The third-order valence-corrected chi connectivity index (χ3v) is 5.58. The average molecular weight is 422 g/mol. The molecule has 2 N–H and O–H groups in total. The highest BCUT2D eigenvalue weighted by Crippen LogP contribution is 2.25. The molecule has 1 heterocycles. The molecule has 6 nitrogen and oxygen atoms in total. The quantitative estimate of drug-likeness (QED) is 0.536. The molecule has 2 aromatic carbocycles. The highest BCUT2D eigenvalue weighted by Gasteiger charge is 2.25. The number of nitro groups is 1. The Labute approximate surface area is 161 Å². The first-order valence-electron chi connectivity index (χ1n) is 8.78. The minimum atomic E-state index is -0.280. The molecule has 0 aromatic heterocycles. The van der Waals surface area contributed by atoms with Crippen molar-refractivity contribution in [1.82, 2.24) is 0 Å². The predicted octanol–water partition coefficient (Wildman–Crippen LogP) is 0.850. The van der Waals surface area contributed by atoms with Crippen molar-refractivity contribution in [2.45, 2.75) is 13.1 Å². The number of quaternary nitrogens is 2. The van der Waals surface area contributed by atoms with Crippen LogP contribution in [0.1, 0.15) is 11.1 Å². The van der Waals surface area contributed by atoms with Crippen LogP contribution < -0.4 is 14.5 Å². The Bertz CT molecular complexity index is 776. The van der Waals surface area contributed by atoms with Crippen molar-refractivity contribution >= 4 is 21.6 Å². The Hall–Kier alpha value is -1.96. The van der Waals surface area contributed by atoms with Gasteiger partial charge in [0.05, 0.1) is 22.1 Å². The highest BCUT2D eigenvalue weighted by atomic mass is 79.9. The Kier molecular flexibility index (Phi) is 6.24. The molecule has 0 saturated carbocycles. The number of nitrogens with zero attached hydrogens (tertiary/aromatic N) is 1. The predicted molar refractivity (Wildman–Crippen MR) is 103 cm³/mol. The van der Waals surface area contributed by atoms with E-state index in [0.29, 0.717) is 0 Å². The summed E-state index contributed by atoms with van der Waals surface area (Å²) in [7, 11) is 1.67. The second-order valence-electron chi connectivity index (χ2n) is 6.71. The van der Waals surface area contributed by atoms with Crippen molar-refractivity contribution in [3.05, 3.63) is 68.2 Å². The molecule has 0 spiro atoms. The van der Waals surface area contributed by atoms with Crippen molar-refractivity contribution in [3.8, 4) is 5.75 Å². The minimum Gasteiger partial charge on any atom is -0.496 e. The van der Waals surface area contributed by atoms with Crippen LogP contribution in [-0.4, -0.2) is 38.2 Å². The molecule has 0 radical (unpaired) electrons. The maximum Gasteiger partial charge on any atom is 0.278 e. The van der Waals surface area contributed by atoms with Gasteiger partial charge in [0.1, 0.15) is 45.0 Å². The second-order valence-corrected chi connectivity index (χ2v) is 7.56. The van der Waals surface area contributed by atoms with Crippen molar-refractivity contribution in [2.75, 3.05) is 33.3 Å². The van der Waals surface area contributed by atoms with Crippen LogP contribution in [-0.2, 0) is 13.1 Å². The van der Waals surface area contributed by atoms with E-state index in [4.69, 9.17) is 4.74 Å². The van der Waals surface area contributed by atoms with Crippen LogP contribution in [0.3, 0.4) is 0 Å². The van der Waals surface area contributed by atoms with E-state index in [0.717, 1.165) is 55.1 Å². The van der Waals surface area contributed by atoms with E-state index in [-0.39, 0.29) is 10.6 Å². The summed E-state index contributed by atoms with van der Waals surface area (Å²) in [5, 5.41) is 11.2. The zero-order valence-corrected chi connectivity index (χ0v) is 16.4. The maximum atomic E-state index is 11.2.